The van der Waals surface area contributed by atoms with E-state index in [0.29, 0.717) is 0 Å². The molecule has 0 aromatic carbocycles. The fourth-order valence-electron chi connectivity index (χ4n) is 1.82. The van der Waals surface area contributed by atoms with Gasteiger partial charge in [-0.3, -0.25) is 4.40 Å². The molecular formula is C12H9BrN4. The van der Waals surface area contributed by atoms with Crippen molar-refractivity contribution in [3.63, 3.8) is 0 Å². The molecule has 0 spiro atoms. The van der Waals surface area contributed by atoms with Gasteiger partial charge in [0.1, 0.15) is 16.1 Å². The van der Waals surface area contributed by atoms with E-state index in [-0.39, 0.29) is 0 Å². The minimum Gasteiger partial charge on any atom is -0.298 e. The number of rotatable bonds is 1. The van der Waals surface area contributed by atoms with E-state index < -0.39 is 0 Å². The first-order chi connectivity index (χ1) is 8.24. The number of nitrogens with zero attached hydrogens (tertiary/aromatic N) is 4. The summed E-state index contributed by atoms with van der Waals surface area (Å²) in [7, 11) is 0. The Bertz CT molecular complexity index is 670. The van der Waals surface area contributed by atoms with Crippen molar-refractivity contribution in [3.05, 3.63) is 47.1 Å². The lowest BCUT2D eigenvalue weighted by atomic mass is 10.2. The standard InChI is InChI=1S/C12H9BrN4/c1-8-15-9(7-11(13)16-8)10-3-2-4-12-14-5-6-17(10)12/h2-7H,1H3. The molecule has 0 unspecified atom stereocenters. The van der Waals surface area contributed by atoms with Gasteiger partial charge in [-0.05, 0) is 41.1 Å². The van der Waals surface area contributed by atoms with Crippen LogP contribution < -0.4 is 0 Å². The van der Waals surface area contributed by atoms with Crippen LogP contribution in [-0.2, 0) is 0 Å². The summed E-state index contributed by atoms with van der Waals surface area (Å²) in [5.74, 6) is 0.742. The molecule has 0 saturated heterocycles. The quantitative estimate of drug-likeness (QED) is 0.647. The highest BCUT2D eigenvalue weighted by Gasteiger charge is 2.06. The molecule has 84 valence electrons. The number of fused-ring (bicyclic) bond motifs is 1. The summed E-state index contributed by atoms with van der Waals surface area (Å²) in [6.07, 6.45) is 3.71. The van der Waals surface area contributed by atoms with Crippen LogP contribution in [0.15, 0.2) is 41.3 Å². The highest BCUT2D eigenvalue weighted by molar-refractivity contribution is 9.10. The van der Waals surface area contributed by atoms with Gasteiger partial charge >= 0.3 is 0 Å². The second kappa shape index (κ2) is 3.92. The van der Waals surface area contributed by atoms with Crippen molar-refractivity contribution in [1.82, 2.24) is 19.4 Å². The van der Waals surface area contributed by atoms with E-state index >= 15 is 0 Å². The van der Waals surface area contributed by atoms with Crippen LogP contribution in [0.5, 0.6) is 0 Å². The van der Waals surface area contributed by atoms with E-state index in [9.17, 15) is 0 Å². The molecule has 0 aliphatic rings. The Labute approximate surface area is 106 Å². The van der Waals surface area contributed by atoms with Crippen LogP contribution in [0.25, 0.3) is 17.0 Å². The van der Waals surface area contributed by atoms with Gasteiger partial charge in [0.05, 0.1) is 11.4 Å². The molecule has 0 aliphatic carbocycles. The van der Waals surface area contributed by atoms with Gasteiger partial charge in [0.2, 0.25) is 0 Å². The summed E-state index contributed by atoms with van der Waals surface area (Å²) in [6, 6.07) is 7.86. The van der Waals surface area contributed by atoms with Crippen LogP contribution in [-0.4, -0.2) is 19.4 Å². The van der Waals surface area contributed by atoms with Gasteiger partial charge in [0, 0.05) is 12.4 Å². The van der Waals surface area contributed by atoms with Gasteiger partial charge in [-0.25, -0.2) is 15.0 Å². The molecule has 3 rings (SSSR count). The average Bonchev–Trinajstić information content (AvgIpc) is 2.75. The number of hydrogen-bond donors (Lipinski definition) is 0. The SMILES string of the molecule is Cc1nc(Br)cc(-c2cccc3nccn23)n1. The van der Waals surface area contributed by atoms with E-state index in [0.717, 1.165) is 27.5 Å². The lowest BCUT2D eigenvalue weighted by Gasteiger charge is -2.05. The van der Waals surface area contributed by atoms with Crippen molar-refractivity contribution in [3.8, 4) is 11.4 Å². The summed E-state index contributed by atoms with van der Waals surface area (Å²) in [4.78, 5) is 12.9. The zero-order valence-electron chi connectivity index (χ0n) is 9.13. The van der Waals surface area contributed by atoms with E-state index in [1.807, 2.05) is 41.8 Å². The lowest BCUT2D eigenvalue weighted by Crippen LogP contribution is -1.96. The molecule has 5 heteroatoms. The molecule has 4 nitrogen and oxygen atoms in total. The molecule has 0 aliphatic heterocycles. The average molecular weight is 289 g/mol. The first kappa shape index (κ1) is 10.4. The molecule has 3 aromatic rings. The minimum atomic E-state index is 0.742. The van der Waals surface area contributed by atoms with Gasteiger partial charge < -0.3 is 0 Å². The number of imidazole rings is 1. The van der Waals surface area contributed by atoms with Crippen LogP contribution >= 0.6 is 15.9 Å². The summed E-state index contributed by atoms with van der Waals surface area (Å²) in [5.41, 5.74) is 2.80. The molecular weight excluding hydrogens is 280 g/mol. The highest BCUT2D eigenvalue weighted by Crippen LogP contribution is 2.21. The number of aryl methyl sites for hydroxylation is 1. The van der Waals surface area contributed by atoms with Crippen LogP contribution in [0.2, 0.25) is 0 Å². The fraction of sp³-hybridized carbons (Fsp3) is 0.0833. The predicted octanol–water partition coefficient (Wildman–Crippen LogP) is 2.86. The topological polar surface area (TPSA) is 43.1 Å². The summed E-state index contributed by atoms with van der Waals surface area (Å²) >= 11 is 3.39. The molecule has 17 heavy (non-hydrogen) atoms. The Morgan fingerprint density at radius 2 is 2.12 bits per heavy atom. The Morgan fingerprint density at radius 1 is 1.24 bits per heavy atom. The highest BCUT2D eigenvalue weighted by atomic mass is 79.9. The van der Waals surface area contributed by atoms with Gasteiger partial charge in [-0.1, -0.05) is 6.07 Å². The van der Waals surface area contributed by atoms with Crippen molar-refractivity contribution in [1.29, 1.82) is 0 Å². The number of halogens is 1. The Hall–Kier alpha value is -1.75. The first-order valence-corrected chi connectivity index (χ1v) is 5.97. The van der Waals surface area contributed by atoms with Gasteiger partial charge in [-0.15, -0.1) is 0 Å². The third-order valence-electron chi connectivity index (χ3n) is 2.50. The molecule has 0 bridgehead atoms. The fourth-order valence-corrected chi connectivity index (χ4v) is 2.29. The second-order valence-corrected chi connectivity index (χ2v) is 4.50. The van der Waals surface area contributed by atoms with E-state index in [4.69, 9.17) is 0 Å². The molecule has 0 amide bonds. The zero-order valence-corrected chi connectivity index (χ0v) is 10.7. The maximum atomic E-state index is 4.44. The van der Waals surface area contributed by atoms with Crippen molar-refractivity contribution < 1.29 is 0 Å². The summed E-state index contributed by atoms with van der Waals surface area (Å²) in [5, 5.41) is 0. The molecule has 0 atom stereocenters. The van der Waals surface area contributed by atoms with Crippen LogP contribution in [0, 0.1) is 6.92 Å². The van der Waals surface area contributed by atoms with Crippen LogP contribution in [0.4, 0.5) is 0 Å². The first-order valence-electron chi connectivity index (χ1n) is 5.18. The summed E-state index contributed by atoms with van der Waals surface area (Å²) in [6.45, 7) is 1.88. The van der Waals surface area contributed by atoms with Gasteiger partial charge in [0.15, 0.2) is 0 Å². The molecule has 0 radical (unpaired) electrons. The number of pyridine rings is 1. The van der Waals surface area contributed by atoms with Crippen LogP contribution in [0.1, 0.15) is 5.82 Å². The Kier molecular flexibility index (Phi) is 2.40. The zero-order chi connectivity index (χ0) is 11.8. The molecule has 0 saturated carbocycles. The third kappa shape index (κ3) is 1.82. The van der Waals surface area contributed by atoms with Crippen molar-refractivity contribution >= 4 is 21.6 Å². The lowest BCUT2D eigenvalue weighted by molar-refractivity contribution is 1.02. The molecule has 3 aromatic heterocycles. The number of aromatic nitrogens is 4. The normalized spacial score (nSPS) is 10.9. The van der Waals surface area contributed by atoms with E-state index in [2.05, 4.69) is 30.9 Å². The Morgan fingerprint density at radius 3 is 2.94 bits per heavy atom. The van der Waals surface area contributed by atoms with Crippen LogP contribution in [0.3, 0.4) is 0 Å². The number of hydrogen-bond acceptors (Lipinski definition) is 3. The second-order valence-electron chi connectivity index (χ2n) is 3.69. The van der Waals surface area contributed by atoms with Gasteiger partial charge in [0.25, 0.3) is 0 Å². The van der Waals surface area contributed by atoms with Crippen molar-refractivity contribution in [2.24, 2.45) is 0 Å². The van der Waals surface area contributed by atoms with Crippen molar-refractivity contribution in [2.75, 3.05) is 0 Å². The smallest absolute Gasteiger partial charge is 0.137 e. The maximum absolute atomic E-state index is 4.44. The molecule has 0 fully saturated rings. The van der Waals surface area contributed by atoms with Gasteiger partial charge in [-0.2, -0.15) is 0 Å². The minimum absolute atomic E-state index is 0.742. The van der Waals surface area contributed by atoms with E-state index in [1.165, 1.54) is 0 Å². The predicted molar refractivity (Wildman–Crippen MR) is 68.7 cm³/mol. The van der Waals surface area contributed by atoms with Crippen molar-refractivity contribution in [2.45, 2.75) is 6.92 Å². The maximum Gasteiger partial charge on any atom is 0.137 e. The third-order valence-corrected chi connectivity index (χ3v) is 2.90. The molecule has 3 heterocycles. The Balaban J connectivity index is 2.30. The largest absolute Gasteiger partial charge is 0.298 e. The van der Waals surface area contributed by atoms with E-state index in [1.54, 1.807) is 6.20 Å². The molecule has 0 N–H and O–H groups in total. The monoisotopic (exact) mass is 288 g/mol. The summed E-state index contributed by atoms with van der Waals surface area (Å²) < 4.78 is 2.80.